The Morgan fingerprint density at radius 2 is 1.52 bits per heavy atom. The van der Waals surface area contributed by atoms with Crippen LogP contribution >= 0.6 is 0 Å². The van der Waals surface area contributed by atoms with Crippen LogP contribution in [0, 0.1) is 0 Å². The van der Waals surface area contributed by atoms with Crippen molar-refractivity contribution in [3.8, 4) is 0 Å². The second kappa shape index (κ2) is 10.9. The molecule has 2 amide bonds. The van der Waals surface area contributed by atoms with Crippen molar-refractivity contribution in [3.63, 3.8) is 0 Å². The summed E-state index contributed by atoms with van der Waals surface area (Å²) in [6.45, 7) is 5.28. The maximum Gasteiger partial charge on any atom is 0.240 e. The SMILES string of the molecule is O=C(CCNS(=O)(=O)c1ccc2c(c1)CCCC2)N1CCN(C(=O)CN2CCOCC2)CC1. The molecule has 1 N–H and O–H groups in total. The minimum absolute atomic E-state index is 0.0639. The van der Waals surface area contributed by atoms with Gasteiger partial charge in [0.1, 0.15) is 0 Å². The minimum atomic E-state index is -3.64. The van der Waals surface area contributed by atoms with Gasteiger partial charge in [-0.15, -0.1) is 0 Å². The van der Waals surface area contributed by atoms with E-state index in [2.05, 4.69) is 9.62 Å². The Hall–Kier alpha value is -2.01. The highest BCUT2D eigenvalue weighted by molar-refractivity contribution is 7.89. The van der Waals surface area contributed by atoms with Crippen LogP contribution in [0.25, 0.3) is 0 Å². The number of rotatable bonds is 7. The molecule has 1 aromatic carbocycles. The molecule has 2 aliphatic heterocycles. The van der Waals surface area contributed by atoms with Crippen LogP contribution in [0.3, 0.4) is 0 Å². The predicted octanol–water partition coefficient (Wildman–Crippen LogP) is 0.237. The summed E-state index contributed by atoms with van der Waals surface area (Å²) in [5.41, 5.74) is 2.35. The van der Waals surface area contributed by atoms with Crippen LogP contribution in [-0.4, -0.2) is 101 Å². The Morgan fingerprint density at radius 1 is 0.879 bits per heavy atom. The second-order valence-electron chi connectivity index (χ2n) is 8.94. The average molecular weight is 479 g/mol. The van der Waals surface area contributed by atoms with Crippen LogP contribution in [0.2, 0.25) is 0 Å². The number of piperazine rings is 1. The molecule has 182 valence electrons. The van der Waals surface area contributed by atoms with Gasteiger partial charge in [0.2, 0.25) is 21.8 Å². The summed E-state index contributed by atoms with van der Waals surface area (Å²) >= 11 is 0. The number of nitrogens with zero attached hydrogens (tertiary/aromatic N) is 3. The van der Waals surface area contributed by atoms with Crippen molar-refractivity contribution in [3.05, 3.63) is 29.3 Å². The van der Waals surface area contributed by atoms with Crippen molar-refractivity contribution in [1.82, 2.24) is 19.4 Å². The van der Waals surface area contributed by atoms with Gasteiger partial charge in [-0.2, -0.15) is 0 Å². The summed E-state index contributed by atoms with van der Waals surface area (Å²) in [6, 6.07) is 5.33. The third-order valence-corrected chi connectivity index (χ3v) is 8.17. The Labute approximate surface area is 196 Å². The summed E-state index contributed by atoms with van der Waals surface area (Å²) in [6.07, 6.45) is 4.26. The molecule has 4 rings (SSSR count). The standard InChI is InChI=1S/C23H34N4O5S/c28-22(26-9-11-27(12-10-26)23(29)18-25-13-15-32-16-14-25)7-8-24-33(30,31)21-6-5-19-3-1-2-4-20(19)17-21/h5-6,17,24H,1-4,7-16,18H2. The molecule has 1 aliphatic carbocycles. The first-order valence-electron chi connectivity index (χ1n) is 11.9. The molecular weight excluding hydrogens is 444 g/mol. The summed E-state index contributed by atoms with van der Waals surface area (Å²) < 4.78 is 33.2. The van der Waals surface area contributed by atoms with E-state index in [1.807, 2.05) is 6.07 Å². The van der Waals surface area contributed by atoms with Gasteiger partial charge < -0.3 is 14.5 Å². The fourth-order valence-electron chi connectivity index (χ4n) is 4.67. The maximum atomic E-state index is 12.7. The number of carbonyl (C=O) groups excluding carboxylic acids is 2. The molecule has 3 aliphatic rings. The first-order valence-corrected chi connectivity index (χ1v) is 13.4. The van der Waals surface area contributed by atoms with E-state index in [9.17, 15) is 18.0 Å². The van der Waals surface area contributed by atoms with E-state index in [0.717, 1.165) is 44.3 Å². The molecule has 2 fully saturated rings. The molecule has 2 heterocycles. The van der Waals surface area contributed by atoms with Crippen molar-refractivity contribution in [2.24, 2.45) is 0 Å². The summed E-state index contributed by atoms with van der Waals surface area (Å²) in [5.74, 6) is -0.00905. The molecule has 2 saturated heterocycles. The van der Waals surface area contributed by atoms with Gasteiger partial charge in [0, 0.05) is 52.2 Å². The Balaban J connectivity index is 1.20. The molecule has 0 spiro atoms. The van der Waals surface area contributed by atoms with E-state index in [4.69, 9.17) is 4.74 Å². The summed E-state index contributed by atoms with van der Waals surface area (Å²) in [5, 5.41) is 0. The lowest BCUT2D eigenvalue weighted by Crippen LogP contribution is -2.53. The largest absolute Gasteiger partial charge is 0.379 e. The highest BCUT2D eigenvalue weighted by atomic mass is 32.2. The van der Waals surface area contributed by atoms with E-state index in [0.29, 0.717) is 45.9 Å². The van der Waals surface area contributed by atoms with Gasteiger partial charge in [-0.05, 0) is 48.9 Å². The third-order valence-electron chi connectivity index (χ3n) is 6.71. The van der Waals surface area contributed by atoms with Crippen LogP contribution in [0.5, 0.6) is 0 Å². The quantitative estimate of drug-likeness (QED) is 0.603. The normalized spacial score (nSPS) is 19.9. The van der Waals surface area contributed by atoms with Crippen LogP contribution in [0.15, 0.2) is 23.1 Å². The van der Waals surface area contributed by atoms with E-state index >= 15 is 0 Å². The number of hydrogen-bond donors (Lipinski definition) is 1. The molecule has 9 nitrogen and oxygen atoms in total. The summed E-state index contributed by atoms with van der Waals surface area (Å²) in [4.78, 5) is 31.0. The van der Waals surface area contributed by atoms with Gasteiger partial charge >= 0.3 is 0 Å². The number of aryl methyl sites for hydroxylation is 2. The molecule has 10 heteroatoms. The van der Waals surface area contributed by atoms with E-state index in [1.54, 1.807) is 21.9 Å². The van der Waals surface area contributed by atoms with Gasteiger partial charge in [0.05, 0.1) is 24.7 Å². The first kappa shape index (κ1) is 24.1. The number of ether oxygens (including phenoxy) is 1. The van der Waals surface area contributed by atoms with Crippen molar-refractivity contribution in [2.45, 2.75) is 37.0 Å². The number of amides is 2. The lowest BCUT2D eigenvalue weighted by Gasteiger charge is -2.36. The van der Waals surface area contributed by atoms with Crippen LogP contribution < -0.4 is 4.72 Å². The molecule has 0 bridgehead atoms. The first-order chi connectivity index (χ1) is 15.9. The zero-order valence-corrected chi connectivity index (χ0v) is 19.9. The van der Waals surface area contributed by atoms with Crippen molar-refractivity contribution in [1.29, 1.82) is 0 Å². The number of morpholine rings is 1. The number of fused-ring (bicyclic) bond motifs is 1. The lowest BCUT2D eigenvalue weighted by molar-refractivity contribution is -0.140. The number of hydrogen-bond acceptors (Lipinski definition) is 6. The Morgan fingerprint density at radius 3 is 2.21 bits per heavy atom. The second-order valence-corrected chi connectivity index (χ2v) is 10.7. The van der Waals surface area contributed by atoms with Gasteiger partial charge in [-0.3, -0.25) is 14.5 Å². The molecule has 0 unspecified atom stereocenters. The molecule has 0 saturated carbocycles. The van der Waals surface area contributed by atoms with Crippen molar-refractivity contribution in [2.75, 3.05) is 65.6 Å². The van der Waals surface area contributed by atoms with Crippen molar-refractivity contribution < 1.29 is 22.7 Å². The topological polar surface area (TPSA) is 99.3 Å². The smallest absolute Gasteiger partial charge is 0.240 e. The average Bonchev–Trinajstić information content (AvgIpc) is 2.84. The number of benzene rings is 1. The van der Waals surface area contributed by atoms with E-state index in [-0.39, 0.29) is 29.7 Å². The zero-order chi connectivity index (χ0) is 23.3. The zero-order valence-electron chi connectivity index (χ0n) is 19.1. The van der Waals surface area contributed by atoms with E-state index in [1.165, 1.54) is 5.56 Å². The Bertz CT molecular complexity index is 954. The predicted molar refractivity (Wildman–Crippen MR) is 123 cm³/mol. The fraction of sp³-hybridized carbons (Fsp3) is 0.652. The van der Waals surface area contributed by atoms with Crippen LogP contribution in [0.1, 0.15) is 30.4 Å². The van der Waals surface area contributed by atoms with Gasteiger partial charge in [-0.1, -0.05) is 6.07 Å². The number of nitrogens with one attached hydrogen (secondary N) is 1. The van der Waals surface area contributed by atoms with Gasteiger partial charge in [0.15, 0.2) is 0 Å². The van der Waals surface area contributed by atoms with Crippen LogP contribution in [-0.2, 0) is 37.2 Å². The molecule has 1 aromatic rings. The van der Waals surface area contributed by atoms with Crippen molar-refractivity contribution >= 4 is 21.8 Å². The summed E-state index contributed by atoms with van der Waals surface area (Å²) in [7, 11) is -3.64. The molecule has 0 aromatic heterocycles. The third kappa shape index (κ3) is 6.32. The Kier molecular flexibility index (Phi) is 8.00. The monoisotopic (exact) mass is 478 g/mol. The highest BCUT2D eigenvalue weighted by Crippen LogP contribution is 2.24. The molecule has 0 atom stereocenters. The molecule has 0 radical (unpaired) electrons. The highest BCUT2D eigenvalue weighted by Gasteiger charge is 2.26. The van der Waals surface area contributed by atoms with E-state index < -0.39 is 10.0 Å². The maximum absolute atomic E-state index is 12.7. The lowest BCUT2D eigenvalue weighted by atomic mass is 9.92. The molecule has 33 heavy (non-hydrogen) atoms. The molecular formula is C23H34N4O5S. The minimum Gasteiger partial charge on any atom is -0.379 e. The van der Waals surface area contributed by atoms with Gasteiger partial charge in [-0.25, -0.2) is 13.1 Å². The fourth-order valence-corrected chi connectivity index (χ4v) is 5.75. The number of carbonyl (C=O) groups is 2. The van der Waals surface area contributed by atoms with Gasteiger partial charge in [0.25, 0.3) is 0 Å². The number of sulfonamides is 1. The van der Waals surface area contributed by atoms with Crippen LogP contribution in [0.4, 0.5) is 0 Å².